The monoisotopic (exact) mass is 380 g/mol. The van der Waals surface area contributed by atoms with Gasteiger partial charge in [-0.3, -0.25) is 9.59 Å². The van der Waals surface area contributed by atoms with Crippen molar-refractivity contribution in [1.82, 2.24) is 10.2 Å². The molecule has 1 heterocycles. The lowest BCUT2D eigenvalue weighted by molar-refractivity contribution is -0.138. The number of sulfone groups is 1. The highest BCUT2D eigenvalue weighted by molar-refractivity contribution is 7.90. The molecule has 0 bridgehead atoms. The molecule has 2 amide bonds. The van der Waals surface area contributed by atoms with Crippen LogP contribution in [0.5, 0.6) is 0 Å². The van der Waals surface area contributed by atoms with Gasteiger partial charge in [0.1, 0.15) is 0 Å². The van der Waals surface area contributed by atoms with E-state index in [0.717, 1.165) is 18.4 Å². The summed E-state index contributed by atoms with van der Waals surface area (Å²) in [5.74, 6) is -0.244. The maximum atomic E-state index is 12.6. The Morgan fingerprint density at radius 3 is 2.31 bits per heavy atom. The summed E-state index contributed by atoms with van der Waals surface area (Å²) in [5, 5.41) is 2.99. The lowest BCUT2D eigenvalue weighted by atomic mass is 9.95. The summed E-state index contributed by atoms with van der Waals surface area (Å²) in [6, 6.07) is 6.31. The molecule has 2 unspecified atom stereocenters. The van der Waals surface area contributed by atoms with E-state index in [2.05, 4.69) is 5.32 Å². The molecule has 1 N–H and O–H groups in total. The molecule has 1 saturated heterocycles. The fourth-order valence-electron chi connectivity index (χ4n) is 3.17. The molecule has 7 heteroatoms. The molecule has 1 fully saturated rings. The number of amides is 2. The number of carbonyl (C=O) groups is 2. The van der Waals surface area contributed by atoms with E-state index in [1.54, 1.807) is 29.2 Å². The molecule has 0 aromatic heterocycles. The number of hydrogen-bond acceptors (Lipinski definition) is 4. The summed E-state index contributed by atoms with van der Waals surface area (Å²) in [5.41, 5.74) is 0.844. The average molecular weight is 381 g/mol. The molecule has 0 aliphatic carbocycles. The Labute approximate surface area is 155 Å². The first-order valence-electron chi connectivity index (χ1n) is 8.98. The van der Waals surface area contributed by atoms with Gasteiger partial charge in [-0.2, -0.15) is 0 Å². The normalized spacial score (nSPS) is 19.3. The molecule has 0 saturated carbocycles. The summed E-state index contributed by atoms with van der Waals surface area (Å²) < 4.78 is 23.1. The Morgan fingerprint density at radius 1 is 1.15 bits per heavy atom. The maximum absolute atomic E-state index is 12.6. The van der Waals surface area contributed by atoms with Crippen LogP contribution < -0.4 is 5.32 Å². The van der Waals surface area contributed by atoms with Crippen LogP contribution in [0.3, 0.4) is 0 Å². The number of nitrogens with zero attached hydrogens (tertiary/aromatic N) is 1. The maximum Gasteiger partial charge on any atom is 0.225 e. The van der Waals surface area contributed by atoms with Crippen LogP contribution in [0.4, 0.5) is 0 Å². The first-order chi connectivity index (χ1) is 12.1. The van der Waals surface area contributed by atoms with Crippen molar-refractivity contribution in [3.63, 3.8) is 0 Å². The molecule has 2 atom stereocenters. The van der Waals surface area contributed by atoms with Crippen molar-refractivity contribution in [2.75, 3.05) is 19.3 Å². The number of likely N-dealkylation sites (tertiary alicyclic amines) is 1. The average Bonchev–Trinajstić information content (AvgIpc) is 2.60. The molecule has 1 aromatic rings. The second-order valence-corrected chi connectivity index (χ2v) is 9.37. The molecule has 2 rings (SSSR count). The minimum atomic E-state index is -3.23. The summed E-state index contributed by atoms with van der Waals surface area (Å²) >= 11 is 0. The van der Waals surface area contributed by atoms with E-state index in [1.165, 1.54) is 6.26 Å². The minimum absolute atomic E-state index is 0.0639. The van der Waals surface area contributed by atoms with E-state index in [-0.39, 0.29) is 34.6 Å². The third kappa shape index (κ3) is 5.06. The number of nitrogens with one attached hydrogen (secondary N) is 1. The highest BCUT2D eigenvalue weighted by atomic mass is 32.2. The predicted octanol–water partition coefficient (Wildman–Crippen LogP) is 2.16. The van der Waals surface area contributed by atoms with E-state index >= 15 is 0 Å². The Bertz CT molecular complexity index is 756. The van der Waals surface area contributed by atoms with E-state index in [4.69, 9.17) is 0 Å². The fraction of sp³-hybridized carbons (Fsp3) is 0.579. The highest BCUT2D eigenvalue weighted by Crippen LogP contribution is 2.21. The largest absolute Gasteiger partial charge is 0.349 e. The second kappa shape index (κ2) is 8.20. The van der Waals surface area contributed by atoms with Crippen LogP contribution in [-0.2, 0) is 19.4 Å². The second-order valence-electron chi connectivity index (χ2n) is 7.35. The quantitative estimate of drug-likeness (QED) is 0.848. The molecular weight excluding hydrogens is 352 g/mol. The SMILES string of the molecule is CC(C)C(=O)N1CCCC(C(=O)NC(C)c2ccc(S(C)(=O)=O)cc2)C1. The van der Waals surface area contributed by atoms with Crippen LogP contribution in [0.25, 0.3) is 0 Å². The fourth-order valence-corrected chi connectivity index (χ4v) is 3.81. The zero-order chi connectivity index (χ0) is 19.5. The molecule has 1 aliphatic rings. The van der Waals surface area contributed by atoms with Crippen LogP contribution in [0, 0.1) is 11.8 Å². The molecule has 0 radical (unpaired) electrons. The van der Waals surface area contributed by atoms with Gasteiger partial charge in [-0.15, -0.1) is 0 Å². The predicted molar refractivity (Wildman–Crippen MR) is 100 cm³/mol. The van der Waals surface area contributed by atoms with Crippen LogP contribution in [0.1, 0.15) is 45.2 Å². The first kappa shape index (κ1) is 20.4. The van der Waals surface area contributed by atoms with Gasteiger partial charge < -0.3 is 10.2 Å². The summed E-state index contributed by atoms with van der Waals surface area (Å²) in [6.07, 6.45) is 2.77. The van der Waals surface area contributed by atoms with Gasteiger partial charge in [0.2, 0.25) is 11.8 Å². The number of benzene rings is 1. The lowest BCUT2D eigenvalue weighted by Crippen LogP contribution is -2.47. The van der Waals surface area contributed by atoms with Gasteiger partial charge >= 0.3 is 0 Å². The van der Waals surface area contributed by atoms with E-state index in [9.17, 15) is 18.0 Å². The van der Waals surface area contributed by atoms with Gasteiger partial charge in [-0.25, -0.2) is 8.42 Å². The smallest absolute Gasteiger partial charge is 0.225 e. The topological polar surface area (TPSA) is 83.6 Å². The molecule has 1 aliphatic heterocycles. The van der Waals surface area contributed by atoms with Gasteiger partial charge in [0, 0.05) is 25.3 Å². The van der Waals surface area contributed by atoms with Gasteiger partial charge in [-0.1, -0.05) is 26.0 Å². The highest BCUT2D eigenvalue weighted by Gasteiger charge is 2.29. The number of piperidine rings is 1. The standard InChI is InChI=1S/C19H28N2O4S/c1-13(2)19(23)21-11-5-6-16(12-21)18(22)20-14(3)15-7-9-17(10-8-15)26(4,24)25/h7-10,13-14,16H,5-6,11-12H2,1-4H3,(H,20,22). The Hall–Kier alpha value is -1.89. The van der Waals surface area contributed by atoms with Crippen molar-refractivity contribution >= 4 is 21.7 Å². The Morgan fingerprint density at radius 2 is 1.77 bits per heavy atom. The van der Waals surface area contributed by atoms with E-state index in [1.807, 2.05) is 20.8 Å². The molecule has 0 spiro atoms. The van der Waals surface area contributed by atoms with Gasteiger partial charge in [0.05, 0.1) is 16.9 Å². The third-order valence-corrected chi connectivity index (χ3v) is 5.89. The minimum Gasteiger partial charge on any atom is -0.349 e. The number of hydrogen-bond donors (Lipinski definition) is 1. The summed E-state index contributed by atoms with van der Waals surface area (Å²) in [6.45, 7) is 6.78. The van der Waals surface area contributed by atoms with Gasteiger partial charge in [-0.05, 0) is 37.5 Å². The van der Waals surface area contributed by atoms with Gasteiger partial charge in [0.15, 0.2) is 9.84 Å². The van der Waals surface area contributed by atoms with Crippen molar-refractivity contribution in [3.05, 3.63) is 29.8 Å². The molecule has 1 aromatic carbocycles. The number of carbonyl (C=O) groups excluding carboxylic acids is 2. The van der Waals surface area contributed by atoms with Crippen LogP contribution in [0.15, 0.2) is 29.2 Å². The first-order valence-corrected chi connectivity index (χ1v) is 10.9. The van der Waals surface area contributed by atoms with Crippen LogP contribution in [0.2, 0.25) is 0 Å². The molecule has 6 nitrogen and oxygen atoms in total. The van der Waals surface area contributed by atoms with Crippen molar-refractivity contribution in [2.24, 2.45) is 11.8 Å². The summed E-state index contributed by atoms with van der Waals surface area (Å²) in [4.78, 5) is 26.8. The summed E-state index contributed by atoms with van der Waals surface area (Å²) in [7, 11) is -3.23. The van der Waals surface area contributed by atoms with Crippen molar-refractivity contribution in [3.8, 4) is 0 Å². The third-order valence-electron chi connectivity index (χ3n) is 4.76. The molecule has 144 valence electrons. The Balaban J connectivity index is 1.99. The van der Waals surface area contributed by atoms with Crippen LogP contribution >= 0.6 is 0 Å². The van der Waals surface area contributed by atoms with E-state index in [0.29, 0.717) is 13.1 Å². The van der Waals surface area contributed by atoms with Crippen molar-refractivity contribution < 1.29 is 18.0 Å². The molecule has 26 heavy (non-hydrogen) atoms. The zero-order valence-corrected chi connectivity index (χ0v) is 16.7. The van der Waals surface area contributed by atoms with E-state index < -0.39 is 9.84 Å². The molecular formula is C19H28N2O4S. The zero-order valence-electron chi connectivity index (χ0n) is 15.9. The Kier molecular flexibility index (Phi) is 6.44. The lowest BCUT2D eigenvalue weighted by Gasteiger charge is -2.33. The van der Waals surface area contributed by atoms with Gasteiger partial charge in [0.25, 0.3) is 0 Å². The van der Waals surface area contributed by atoms with Crippen molar-refractivity contribution in [2.45, 2.75) is 44.6 Å². The van der Waals surface area contributed by atoms with Crippen LogP contribution in [-0.4, -0.2) is 44.5 Å². The van der Waals surface area contributed by atoms with Crippen molar-refractivity contribution in [1.29, 1.82) is 0 Å². The number of rotatable bonds is 5.